The third-order valence-electron chi connectivity index (χ3n) is 12.7. The first-order chi connectivity index (χ1) is 30.2. The van der Waals surface area contributed by atoms with E-state index in [1.807, 2.05) is 12.1 Å². The number of hydrogen-bond donors (Lipinski definition) is 1. The van der Waals surface area contributed by atoms with Crippen LogP contribution < -0.4 is 5.73 Å². The number of anilines is 1. The van der Waals surface area contributed by atoms with Crippen LogP contribution in [0.3, 0.4) is 0 Å². The highest BCUT2D eigenvalue weighted by molar-refractivity contribution is 6.27. The highest BCUT2D eigenvalue weighted by atomic mass is 15.0. The average Bonchev–Trinajstić information content (AvgIpc) is 4.04. The number of hydrogen-bond acceptors (Lipinski definition) is 2. The average molecular weight is 779 g/mol. The van der Waals surface area contributed by atoms with E-state index in [1.165, 1.54) is 21.5 Å². The number of nitrogen functional groups attached to an aromatic ring is 1. The molecule has 0 bridgehead atoms. The second kappa shape index (κ2) is 12.5. The van der Waals surface area contributed by atoms with E-state index in [0.717, 1.165) is 82.7 Å². The maximum absolute atomic E-state index is 11.1. The summed E-state index contributed by atoms with van der Waals surface area (Å²) >= 11 is 0. The lowest BCUT2D eigenvalue weighted by atomic mass is 10.1. The van der Waals surface area contributed by atoms with Gasteiger partial charge in [-0.15, -0.1) is 0 Å². The zero-order valence-electron chi connectivity index (χ0n) is 32.8. The fraction of sp³-hybridized carbons (Fsp3) is 0. The van der Waals surface area contributed by atoms with Crippen LogP contribution in [0.25, 0.3) is 110 Å². The van der Waals surface area contributed by atoms with Gasteiger partial charge in [-0.05, 0) is 72.8 Å². The van der Waals surface area contributed by atoms with Gasteiger partial charge in [0.1, 0.15) is 6.07 Å². The van der Waals surface area contributed by atoms with Crippen molar-refractivity contribution >= 4 is 92.9 Å². The molecule has 6 nitrogen and oxygen atoms in total. The summed E-state index contributed by atoms with van der Waals surface area (Å²) in [4.78, 5) is 0. The summed E-state index contributed by atoms with van der Waals surface area (Å²) in [6, 6.07) is 70.9. The molecule has 61 heavy (non-hydrogen) atoms. The molecule has 13 aromatic rings. The topological polar surface area (TPSA) is 69.5 Å². The number of benzene rings is 9. The number of nitriles is 1. The third kappa shape index (κ3) is 4.49. The lowest BCUT2D eigenvalue weighted by Crippen LogP contribution is -2.06. The first-order valence-electron chi connectivity index (χ1n) is 20.6. The van der Waals surface area contributed by atoms with E-state index in [4.69, 9.17) is 5.73 Å². The lowest BCUT2D eigenvalue weighted by molar-refractivity contribution is 1.14. The van der Waals surface area contributed by atoms with Gasteiger partial charge in [0.2, 0.25) is 0 Å². The molecule has 6 heteroatoms. The highest BCUT2D eigenvalue weighted by Crippen LogP contribution is 2.45. The van der Waals surface area contributed by atoms with E-state index in [1.54, 1.807) is 0 Å². The Labute approximate surface area is 349 Å². The summed E-state index contributed by atoms with van der Waals surface area (Å²) in [6.07, 6.45) is 0. The Morgan fingerprint density at radius 1 is 0.344 bits per heavy atom. The van der Waals surface area contributed by atoms with E-state index in [2.05, 4.69) is 206 Å². The molecule has 0 aliphatic heterocycles. The number of rotatable bonds is 4. The second-order valence-electron chi connectivity index (χ2n) is 15.8. The number of fused-ring (bicyclic) bond motifs is 14. The Balaban J connectivity index is 1.11. The zero-order chi connectivity index (χ0) is 40.3. The fourth-order valence-electron chi connectivity index (χ4n) is 10.3. The molecule has 0 saturated heterocycles. The van der Waals surface area contributed by atoms with Crippen molar-refractivity contribution in [2.45, 2.75) is 0 Å². The van der Waals surface area contributed by atoms with Gasteiger partial charge in [-0.3, -0.25) is 0 Å². The van der Waals surface area contributed by atoms with E-state index in [-0.39, 0.29) is 0 Å². The first-order valence-corrected chi connectivity index (χ1v) is 20.6. The number of aromatic nitrogens is 4. The summed E-state index contributed by atoms with van der Waals surface area (Å²) in [5.74, 6) is 0. The minimum Gasteiger partial charge on any atom is -0.397 e. The molecule has 0 aliphatic rings. The maximum atomic E-state index is 11.1. The van der Waals surface area contributed by atoms with Crippen LogP contribution in [0.15, 0.2) is 194 Å². The molecule has 0 fully saturated rings. The van der Waals surface area contributed by atoms with Crippen molar-refractivity contribution in [1.29, 1.82) is 5.26 Å². The Hall–Kier alpha value is -8.53. The van der Waals surface area contributed by atoms with Gasteiger partial charge < -0.3 is 24.0 Å². The molecule has 0 radical (unpaired) electrons. The molecular weight excluding hydrogens is 745 g/mol. The van der Waals surface area contributed by atoms with E-state index < -0.39 is 0 Å². The quantitative estimate of drug-likeness (QED) is 0.181. The van der Waals surface area contributed by atoms with Crippen LogP contribution in [0.4, 0.5) is 5.69 Å². The van der Waals surface area contributed by atoms with Gasteiger partial charge in [0, 0.05) is 60.2 Å². The lowest BCUT2D eigenvalue weighted by Gasteiger charge is -2.16. The molecule has 2 N–H and O–H groups in total. The van der Waals surface area contributed by atoms with Crippen molar-refractivity contribution in [3.8, 4) is 28.8 Å². The van der Waals surface area contributed by atoms with Crippen LogP contribution >= 0.6 is 0 Å². The van der Waals surface area contributed by atoms with Crippen LogP contribution in [0.2, 0.25) is 0 Å². The molecule has 0 unspecified atom stereocenters. The van der Waals surface area contributed by atoms with Crippen molar-refractivity contribution in [1.82, 2.24) is 18.3 Å². The van der Waals surface area contributed by atoms with Gasteiger partial charge in [-0.2, -0.15) is 5.26 Å². The van der Waals surface area contributed by atoms with E-state index in [9.17, 15) is 5.26 Å². The summed E-state index contributed by atoms with van der Waals surface area (Å²) in [5, 5.41) is 20.4. The van der Waals surface area contributed by atoms with Gasteiger partial charge in [-0.25, -0.2) is 0 Å². The van der Waals surface area contributed by atoms with Crippen LogP contribution in [0.5, 0.6) is 0 Å². The van der Waals surface area contributed by atoms with Crippen molar-refractivity contribution in [2.75, 3.05) is 5.73 Å². The SMILES string of the molecule is N#Cc1cc(-n2c3ccccc3c3c2ccc2c4ccccc4n(-c4ccccc4)c23)cc(N)c1-n1c2ccccc2c2c1ccc1c3ccccc3n(-c3ccccc3)c12. The van der Waals surface area contributed by atoms with Crippen molar-refractivity contribution < 1.29 is 0 Å². The predicted molar refractivity (Wildman–Crippen MR) is 253 cm³/mol. The number of nitrogens with zero attached hydrogens (tertiary/aromatic N) is 5. The minimum atomic E-state index is 0.492. The van der Waals surface area contributed by atoms with E-state index in [0.29, 0.717) is 16.9 Å². The zero-order valence-corrected chi connectivity index (χ0v) is 32.8. The largest absolute Gasteiger partial charge is 0.397 e. The van der Waals surface area contributed by atoms with E-state index >= 15 is 0 Å². The Morgan fingerprint density at radius 2 is 0.754 bits per heavy atom. The summed E-state index contributed by atoms with van der Waals surface area (Å²) in [5.41, 5.74) is 20.6. The number of nitrogens with two attached hydrogens (primary N) is 1. The molecular formula is C55H34N6. The standard InChI is InChI=1S/C55H34N6/c56-33-34-31-37(58-47-25-13-9-21-42(47)51-49(58)29-27-40-38-19-7-11-23-45(38)59(54(40)51)35-15-3-1-4-16-35)32-44(57)53(34)61-48-26-14-10-22-43(48)52-50(61)30-28-41-39-20-8-12-24-46(39)60(55(41)52)36-17-5-2-6-18-36/h1-32H,57H2. The second-order valence-corrected chi connectivity index (χ2v) is 15.8. The molecule has 0 aliphatic carbocycles. The fourth-order valence-corrected chi connectivity index (χ4v) is 10.3. The van der Waals surface area contributed by atoms with Crippen molar-refractivity contribution in [2.24, 2.45) is 0 Å². The minimum absolute atomic E-state index is 0.492. The summed E-state index contributed by atoms with van der Waals surface area (Å²) in [7, 11) is 0. The molecule has 0 spiro atoms. The smallest absolute Gasteiger partial charge is 0.101 e. The third-order valence-corrected chi connectivity index (χ3v) is 12.7. The summed E-state index contributed by atoms with van der Waals surface area (Å²) in [6.45, 7) is 0. The molecule has 4 aromatic heterocycles. The summed E-state index contributed by atoms with van der Waals surface area (Å²) < 4.78 is 9.23. The molecule has 284 valence electrons. The van der Waals surface area contributed by atoms with Crippen LogP contribution in [0, 0.1) is 11.3 Å². The highest BCUT2D eigenvalue weighted by Gasteiger charge is 2.25. The predicted octanol–water partition coefficient (Wildman–Crippen LogP) is 13.5. The first kappa shape index (κ1) is 33.4. The normalized spacial score (nSPS) is 12.0. The molecule has 9 aromatic carbocycles. The maximum Gasteiger partial charge on any atom is 0.101 e. The molecule has 0 saturated carbocycles. The van der Waals surface area contributed by atoms with Crippen molar-refractivity contribution in [3.05, 3.63) is 200 Å². The van der Waals surface area contributed by atoms with Crippen LogP contribution in [0.1, 0.15) is 5.56 Å². The van der Waals surface area contributed by atoms with Crippen LogP contribution in [-0.2, 0) is 0 Å². The molecule has 0 atom stereocenters. The number of para-hydroxylation sites is 6. The van der Waals surface area contributed by atoms with Gasteiger partial charge in [-0.1, -0.05) is 121 Å². The molecule has 4 heterocycles. The Kier molecular flexibility index (Phi) is 6.85. The monoisotopic (exact) mass is 778 g/mol. The van der Waals surface area contributed by atoms with Gasteiger partial charge in [0.05, 0.1) is 61.1 Å². The molecule has 0 amide bonds. The Bertz CT molecular complexity index is 4000. The van der Waals surface area contributed by atoms with Crippen LogP contribution in [-0.4, -0.2) is 18.3 Å². The van der Waals surface area contributed by atoms with Crippen molar-refractivity contribution in [3.63, 3.8) is 0 Å². The van der Waals surface area contributed by atoms with Gasteiger partial charge >= 0.3 is 0 Å². The Morgan fingerprint density at radius 3 is 1.25 bits per heavy atom. The van der Waals surface area contributed by atoms with Gasteiger partial charge in [0.25, 0.3) is 0 Å². The van der Waals surface area contributed by atoms with Gasteiger partial charge in [0.15, 0.2) is 0 Å². The molecule has 13 rings (SSSR count).